The maximum atomic E-state index is 13.1. The van der Waals surface area contributed by atoms with Gasteiger partial charge in [0.25, 0.3) is 0 Å². The molecule has 0 aliphatic heterocycles. The van der Waals surface area contributed by atoms with Crippen LogP contribution >= 0.6 is 0 Å². The first-order chi connectivity index (χ1) is 13.5. The molecule has 2 aromatic heterocycles. The molecule has 0 radical (unpaired) electrons. The Bertz CT molecular complexity index is 1120. The summed E-state index contributed by atoms with van der Waals surface area (Å²) in [5, 5.41) is 4.48. The average molecular weight is 371 g/mol. The summed E-state index contributed by atoms with van der Waals surface area (Å²) < 4.78 is 13.1. The van der Waals surface area contributed by atoms with Crippen LogP contribution in [0.5, 0.6) is 0 Å². The Morgan fingerprint density at radius 3 is 2.25 bits per heavy atom. The SMILES string of the molecule is Cc1cc(NC(C)C)nc2ccc(-c3ccc(-c4ccc(F)cc4)cn3)cc12. The maximum Gasteiger partial charge on any atom is 0.127 e. The van der Waals surface area contributed by atoms with E-state index in [0.29, 0.717) is 6.04 Å². The van der Waals surface area contributed by atoms with Crippen molar-refractivity contribution < 1.29 is 4.39 Å². The van der Waals surface area contributed by atoms with Gasteiger partial charge >= 0.3 is 0 Å². The molecule has 0 fully saturated rings. The van der Waals surface area contributed by atoms with Crippen LogP contribution in [-0.2, 0) is 0 Å². The van der Waals surface area contributed by atoms with E-state index in [4.69, 9.17) is 4.98 Å². The van der Waals surface area contributed by atoms with E-state index in [1.807, 2.05) is 30.5 Å². The third kappa shape index (κ3) is 3.72. The van der Waals surface area contributed by atoms with Crippen LogP contribution in [0.1, 0.15) is 19.4 Å². The van der Waals surface area contributed by atoms with E-state index in [1.54, 1.807) is 12.1 Å². The zero-order chi connectivity index (χ0) is 19.7. The summed E-state index contributed by atoms with van der Waals surface area (Å²) in [5.41, 5.74) is 6.01. The molecule has 1 N–H and O–H groups in total. The zero-order valence-electron chi connectivity index (χ0n) is 16.2. The highest BCUT2D eigenvalue weighted by Gasteiger charge is 2.08. The molecule has 0 spiro atoms. The number of hydrogen-bond acceptors (Lipinski definition) is 3. The summed E-state index contributed by atoms with van der Waals surface area (Å²) in [7, 11) is 0. The zero-order valence-corrected chi connectivity index (χ0v) is 16.2. The second-order valence-electron chi connectivity index (χ2n) is 7.29. The van der Waals surface area contributed by atoms with Crippen molar-refractivity contribution in [3.8, 4) is 22.4 Å². The summed E-state index contributed by atoms with van der Waals surface area (Å²) in [4.78, 5) is 9.32. The van der Waals surface area contributed by atoms with Crippen molar-refractivity contribution in [3.63, 3.8) is 0 Å². The van der Waals surface area contributed by atoms with Crippen LogP contribution in [0, 0.1) is 12.7 Å². The number of pyridine rings is 2. The van der Waals surface area contributed by atoms with Gasteiger partial charge in [0.2, 0.25) is 0 Å². The summed E-state index contributed by atoms with van der Waals surface area (Å²) in [6.45, 7) is 6.31. The number of aryl methyl sites for hydroxylation is 1. The predicted molar refractivity (Wildman–Crippen MR) is 114 cm³/mol. The van der Waals surface area contributed by atoms with Crippen LogP contribution in [0.15, 0.2) is 66.9 Å². The van der Waals surface area contributed by atoms with Gasteiger partial charge in [-0.1, -0.05) is 24.3 Å². The molecule has 0 aliphatic rings. The van der Waals surface area contributed by atoms with Crippen molar-refractivity contribution in [1.82, 2.24) is 9.97 Å². The lowest BCUT2D eigenvalue weighted by Gasteiger charge is -2.12. The second kappa shape index (κ2) is 7.39. The van der Waals surface area contributed by atoms with E-state index < -0.39 is 0 Å². The number of rotatable bonds is 4. The Hall–Kier alpha value is -3.27. The van der Waals surface area contributed by atoms with Gasteiger partial charge in [-0.25, -0.2) is 9.37 Å². The molecule has 0 saturated carbocycles. The van der Waals surface area contributed by atoms with Crippen LogP contribution in [0.3, 0.4) is 0 Å². The van der Waals surface area contributed by atoms with Gasteiger partial charge in [-0.05, 0) is 68.3 Å². The molecule has 0 unspecified atom stereocenters. The average Bonchev–Trinajstić information content (AvgIpc) is 2.68. The molecule has 4 rings (SSSR count). The molecule has 0 atom stereocenters. The number of benzene rings is 2. The minimum absolute atomic E-state index is 0.236. The van der Waals surface area contributed by atoms with E-state index in [9.17, 15) is 4.39 Å². The third-order valence-electron chi connectivity index (χ3n) is 4.69. The fourth-order valence-corrected chi connectivity index (χ4v) is 3.30. The molecule has 4 aromatic rings. The largest absolute Gasteiger partial charge is 0.368 e. The molecule has 3 nitrogen and oxygen atoms in total. The van der Waals surface area contributed by atoms with Gasteiger partial charge in [0.1, 0.15) is 11.6 Å². The molecule has 140 valence electrons. The first-order valence-electron chi connectivity index (χ1n) is 9.40. The number of nitrogens with one attached hydrogen (secondary N) is 1. The highest BCUT2D eigenvalue weighted by molar-refractivity contribution is 5.88. The van der Waals surface area contributed by atoms with Gasteiger partial charge in [0.05, 0.1) is 11.2 Å². The molecule has 0 bridgehead atoms. The molecule has 2 heterocycles. The smallest absolute Gasteiger partial charge is 0.127 e. The number of nitrogens with zero attached hydrogens (tertiary/aromatic N) is 2. The number of fused-ring (bicyclic) bond motifs is 1. The summed E-state index contributed by atoms with van der Waals surface area (Å²) in [6, 6.07) is 19.1. The second-order valence-corrected chi connectivity index (χ2v) is 7.29. The van der Waals surface area contributed by atoms with E-state index >= 15 is 0 Å². The molecule has 4 heteroatoms. The Balaban J connectivity index is 1.67. The van der Waals surface area contributed by atoms with Gasteiger partial charge in [-0.3, -0.25) is 4.98 Å². The Morgan fingerprint density at radius 2 is 1.57 bits per heavy atom. The maximum absolute atomic E-state index is 13.1. The van der Waals surface area contributed by atoms with Crippen molar-refractivity contribution in [2.75, 3.05) is 5.32 Å². The lowest BCUT2D eigenvalue weighted by atomic mass is 10.0. The van der Waals surface area contributed by atoms with E-state index in [1.165, 1.54) is 17.7 Å². The van der Waals surface area contributed by atoms with Gasteiger partial charge in [0.15, 0.2) is 0 Å². The highest BCUT2D eigenvalue weighted by atomic mass is 19.1. The summed E-state index contributed by atoms with van der Waals surface area (Å²) in [6.07, 6.45) is 1.83. The van der Waals surface area contributed by atoms with Crippen molar-refractivity contribution >= 4 is 16.7 Å². The van der Waals surface area contributed by atoms with Crippen molar-refractivity contribution in [1.29, 1.82) is 0 Å². The van der Waals surface area contributed by atoms with Crippen molar-refractivity contribution in [2.45, 2.75) is 26.8 Å². The lowest BCUT2D eigenvalue weighted by Crippen LogP contribution is -2.11. The number of aromatic nitrogens is 2. The van der Waals surface area contributed by atoms with Gasteiger partial charge < -0.3 is 5.32 Å². The molecular weight excluding hydrogens is 349 g/mol. The monoisotopic (exact) mass is 371 g/mol. The molecule has 0 saturated heterocycles. The van der Waals surface area contributed by atoms with Crippen LogP contribution in [0.2, 0.25) is 0 Å². The van der Waals surface area contributed by atoms with Crippen molar-refractivity contribution in [2.24, 2.45) is 0 Å². The topological polar surface area (TPSA) is 37.8 Å². The van der Waals surface area contributed by atoms with Crippen LogP contribution in [0.4, 0.5) is 10.2 Å². The van der Waals surface area contributed by atoms with Crippen LogP contribution in [-0.4, -0.2) is 16.0 Å². The quantitative estimate of drug-likeness (QED) is 0.462. The molecular formula is C24H22FN3. The van der Waals surface area contributed by atoms with Crippen LogP contribution < -0.4 is 5.32 Å². The van der Waals surface area contributed by atoms with Crippen LogP contribution in [0.25, 0.3) is 33.3 Å². The highest BCUT2D eigenvalue weighted by Crippen LogP contribution is 2.28. The van der Waals surface area contributed by atoms with E-state index in [-0.39, 0.29) is 5.82 Å². The Kier molecular flexibility index (Phi) is 4.78. The minimum atomic E-state index is -0.236. The summed E-state index contributed by atoms with van der Waals surface area (Å²) in [5.74, 6) is 0.662. The molecule has 28 heavy (non-hydrogen) atoms. The van der Waals surface area contributed by atoms with Gasteiger partial charge in [-0.15, -0.1) is 0 Å². The first kappa shape index (κ1) is 18.1. The standard InChI is InChI=1S/C24H22FN3/c1-15(2)27-24-12-16(3)21-13-18(6-11-23(21)28-24)22-10-7-19(14-26-22)17-4-8-20(25)9-5-17/h4-15H,1-3H3,(H,27,28). The van der Waals surface area contributed by atoms with Crippen molar-refractivity contribution in [3.05, 3.63) is 78.2 Å². The Morgan fingerprint density at radius 1 is 0.857 bits per heavy atom. The predicted octanol–water partition coefficient (Wildman–Crippen LogP) is 6.23. The number of hydrogen-bond donors (Lipinski definition) is 1. The normalized spacial score (nSPS) is 11.2. The Labute approximate surface area is 164 Å². The molecule has 2 aromatic carbocycles. The minimum Gasteiger partial charge on any atom is -0.368 e. The fraction of sp³-hybridized carbons (Fsp3) is 0.167. The van der Waals surface area contributed by atoms with Gasteiger partial charge in [0, 0.05) is 28.8 Å². The third-order valence-corrected chi connectivity index (χ3v) is 4.69. The summed E-state index contributed by atoms with van der Waals surface area (Å²) >= 11 is 0. The molecule has 0 amide bonds. The first-order valence-corrected chi connectivity index (χ1v) is 9.40. The number of anilines is 1. The van der Waals surface area contributed by atoms with E-state index in [0.717, 1.165) is 39.1 Å². The van der Waals surface area contributed by atoms with E-state index in [2.05, 4.69) is 43.2 Å². The lowest BCUT2D eigenvalue weighted by molar-refractivity contribution is 0.628. The fourth-order valence-electron chi connectivity index (χ4n) is 3.30. The van der Waals surface area contributed by atoms with Gasteiger partial charge in [-0.2, -0.15) is 0 Å². The number of halogens is 1. The molecule has 0 aliphatic carbocycles.